The number of aliphatic carboxylic acids is 1. The Kier molecular flexibility index (Phi) is 3.16. The molecule has 3 nitrogen and oxygen atoms in total. The molecule has 98 valence electrons. The number of nitrogens with zero attached hydrogens (tertiary/aromatic N) is 1. The van der Waals surface area contributed by atoms with Gasteiger partial charge < -0.3 is 5.11 Å². The Labute approximate surface area is 111 Å². The zero-order valence-corrected chi connectivity index (χ0v) is 11.4. The minimum Gasteiger partial charge on any atom is -0.481 e. The number of carboxylic acids is 1. The monoisotopic (exact) mass is 265 g/mol. The number of hydrogen-bond donors (Lipinski definition) is 1. The van der Waals surface area contributed by atoms with Crippen LogP contribution in [0.2, 0.25) is 0 Å². The number of carboxylic acid groups (broad SMARTS) is 1. The van der Waals surface area contributed by atoms with Crippen molar-refractivity contribution in [2.75, 3.05) is 13.1 Å². The number of rotatable bonds is 3. The van der Waals surface area contributed by atoms with Gasteiger partial charge in [-0.05, 0) is 42.2 Å². The van der Waals surface area contributed by atoms with Crippen LogP contribution in [0.5, 0.6) is 0 Å². The molecule has 2 atom stereocenters. The summed E-state index contributed by atoms with van der Waals surface area (Å²) >= 11 is 1.87. The Hall–Kier alpha value is -0.870. The van der Waals surface area contributed by atoms with Crippen LogP contribution in [0.3, 0.4) is 0 Å². The summed E-state index contributed by atoms with van der Waals surface area (Å²) in [5.74, 6) is -0.516. The molecule has 1 saturated heterocycles. The van der Waals surface area contributed by atoms with E-state index in [1.54, 1.807) is 4.88 Å². The first-order chi connectivity index (χ1) is 8.66. The zero-order valence-electron chi connectivity index (χ0n) is 10.6. The quantitative estimate of drug-likeness (QED) is 0.913. The van der Waals surface area contributed by atoms with Gasteiger partial charge in [0.25, 0.3) is 0 Å². The van der Waals surface area contributed by atoms with Gasteiger partial charge in [-0.2, -0.15) is 0 Å². The van der Waals surface area contributed by atoms with Crippen LogP contribution in [0.4, 0.5) is 0 Å². The molecule has 1 N–H and O–H groups in total. The molecule has 0 aromatic carbocycles. The lowest BCUT2D eigenvalue weighted by Crippen LogP contribution is -2.52. The average molecular weight is 265 g/mol. The smallest absolute Gasteiger partial charge is 0.306 e. The summed E-state index contributed by atoms with van der Waals surface area (Å²) in [4.78, 5) is 15.0. The van der Waals surface area contributed by atoms with E-state index in [0.29, 0.717) is 12.0 Å². The summed E-state index contributed by atoms with van der Waals surface area (Å²) in [5, 5.41) is 11.2. The first-order valence-corrected chi connectivity index (χ1v) is 7.58. The second-order valence-electron chi connectivity index (χ2n) is 5.55. The van der Waals surface area contributed by atoms with Crippen molar-refractivity contribution < 1.29 is 9.90 Å². The van der Waals surface area contributed by atoms with Gasteiger partial charge in [-0.15, -0.1) is 11.3 Å². The molecular weight excluding hydrogens is 246 g/mol. The molecule has 0 radical (unpaired) electrons. The van der Waals surface area contributed by atoms with Crippen molar-refractivity contribution in [1.29, 1.82) is 0 Å². The molecule has 2 heterocycles. The molecule has 4 heteroatoms. The first kappa shape index (κ1) is 12.2. The third kappa shape index (κ3) is 1.97. The lowest BCUT2D eigenvalue weighted by atomic mass is 9.82. The van der Waals surface area contributed by atoms with E-state index in [1.807, 2.05) is 18.3 Å². The molecule has 0 amide bonds. The summed E-state index contributed by atoms with van der Waals surface area (Å²) in [6, 6.07) is 2.81. The second-order valence-corrected chi connectivity index (χ2v) is 6.55. The Balaban J connectivity index is 1.65. The highest BCUT2D eigenvalue weighted by molar-refractivity contribution is 7.10. The summed E-state index contributed by atoms with van der Waals surface area (Å²) < 4.78 is 0. The lowest BCUT2D eigenvalue weighted by Gasteiger charge is -2.47. The van der Waals surface area contributed by atoms with Crippen LogP contribution in [0.25, 0.3) is 0 Å². The van der Waals surface area contributed by atoms with Crippen LogP contribution in [0.1, 0.15) is 36.2 Å². The van der Waals surface area contributed by atoms with Crippen molar-refractivity contribution in [2.45, 2.75) is 32.2 Å². The fourth-order valence-corrected chi connectivity index (χ4v) is 4.14. The molecule has 2 unspecified atom stereocenters. The second kappa shape index (κ2) is 4.67. The third-order valence-corrected chi connectivity index (χ3v) is 5.49. The van der Waals surface area contributed by atoms with Gasteiger partial charge in [-0.25, -0.2) is 0 Å². The fourth-order valence-electron chi connectivity index (χ4n) is 3.16. The molecule has 1 aromatic rings. The maximum absolute atomic E-state index is 11.0. The minimum absolute atomic E-state index is 0.202. The number of hydrogen-bond acceptors (Lipinski definition) is 3. The zero-order chi connectivity index (χ0) is 12.7. The maximum Gasteiger partial charge on any atom is 0.306 e. The van der Waals surface area contributed by atoms with E-state index in [-0.39, 0.29) is 5.92 Å². The lowest BCUT2D eigenvalue weighted by molar-refractivity contribution is -0.146. The highest BCUT2D eigenvalue weighted by Crippen LogP contribution is 2.41. The summed E-state index contributed by atoms with van der Waals surface area (Å²) in [6.07, 6.45) is 3.73. The normalized spacial score (nSPS) is 26.4. The van der Waals surface area contributed by atoms with Crippen molar-refractivity contribution in [3.63, 3.8) is 0 Å². The Morgan fingerprint density at radius 1 is 1.56 bits per heavy atom. The van der Waals surface area contributed by atoms with Gasteiger partial charge in [0.2, 0.25) is 0 Å². The van der Waals surface area contributed by atoms with Crippen LogP contribution in [-0.2, 0) is 11.2 Å². The predicted molar refractivity (Wildman–Crippen MR) is 71.9 cm³/mol. The van der Waals surface area contributed by atoms with E-state index in [1.165, 1.54) is 24.8 Å². The first-order valence-electron chi connectivity index (χ1n) is 6.70. The number of fused-ring (bicyclic) bond motifs is 1. The molecule has 1 aromatic heterocycles. The van der Waals surface area contributed by atoms with Gasteiger partial charge >= 0.3 is 5.97 Å². The molecule has 0 saturated carbocycles. The summed E-state index contributed by atoms with van der Waals surface area (Å²) in [6.45, 7) is 3.74. The molecule has 1 aliphatic heterocycles. The van der Waals surface area contributed by atoms with E-state index in [4.69, 9.17) is 5.11 Å². The van der Waals surface area contributed by atoms with Crippen molar-refractivity contribution >= 4 is 17.3 Å². The maximum atomic E-state index is 11.0. The predicted octanol–water partition coefficient (Wildman–Crippen LogP) is 2.78. The molecular formula is C14H19NO2S. The largest absolute Gasteiger partial charge is 0.481 e. The summed E-state index contributed by atoms with van der Waals surface area (Å²) in [7, 11) is 0. The van der Waals surface area contributed by atoms with Crippen molar-refractivity contribution in [2.24, 2.45) is 11.8 Å². The molecule has 3 rings (SSSR count). The Morgan fingerprint density at radius 2 is 2.33 bits per heavy atom. The van der Waals surface area contributed by atoms with Gasteiger partial charge in [0.05, 0.1) is 5.92 Å². The van der Waals surface area contributed by atoms with Crippen LogP contribution >= 0.6 is 11.3 Å². The molecule has 2 aliphatic rings. The third-order valence-electron chi connectivity index (χ3n) is 4.50. The van der Waals surface area contributed by atoms with E-state index in [0.717, 1.165) is 13.1 Å². The number of carbonyl (C=O) groups is 1. The van der Waals surface area contributed by atoms with E-state index < -0.39 is 5.97 Å². The highest BCUT2D eigenvalue weighted by Gasteiger charge is 2.39. The number of aryl methyl sites for hydroxylation is 1. The van der Waals surface area contributed by atoms with E-state index >= 15 is 0 Å². The molecule has 18 heavy (non-hydrogen) atoms. The average Bonchev–Trinajstić information content (AvgIpc) is 2.75. The van der Waals surface area contributed by atoms with Gasteiger partial charge in [0, 0.05) is 24.0 Å². The Bertz CT molecular complexity index is 450. The van der Waals surface area contributed by atoms with Gasteiger partial charge in [-0.3, -0.25) is 9.69 Å². The molecule has 1 aliphatic carbocycles. The standard InChI is InChI=1S/C14H19NO2S/c1-9(14(16)17)10-7-15(8-10)12-3-2-4-13-11(12)5-6-18-13/h5-6,9-10,12H,2-4,7-8H2,1H3,(H,16,17). The van der Waals surface area contributed by atoms with Gasteiger partial charge in [0.1, 0.15) is 0 Å². The topological polar surface area (TPSA) is 40.5 Å². The highest BCUT2D eigenvalue weighted by atomic mass is 32.1. The SMILES string of the molecule is CC(C(=O)O)C1CN(C2CCCc3sccc32)C1. The number of thiophene rings is 1. The van der Waals surface area contributed by atoms with E-state index in [2.05, 4.69) is 16.3 Å². The molecule has 1 fully saturated rings. The molecule has 0 bridgehead atoms. The van der Waals surface area contributed by atoms with Crippen molar-refractivity contribution in [3.05, 3.63) is 21.9 Å². The Morgan fingerprint density at radius 3 is 3.06 bits per heavy atom. The van der Waals surface area contributed by atoms with Crippen LogP contribution in [0, 0.1) is 11.8 Å². The fraction of sp³-hybridized carbons (Fsp3) is 0.643. The van der Waals surface area contributed by atoms with Crippen LogP contribution in [0.15, 0.2) is 11.4 Å². The minimum atomic E-state index is -0.653. The van der Waals surface area contributed by atoms with Crippen molar-refractivity contribution in [3.8, 4) is 0 Å². The summed E-state index contributed by atoms with van der Waals surface area (Å²) in [5.41, 5.74) is 1.51. The molecule has 0 spiro atoms. The number of likely N-dealkylation sites (tertiary alicyclic amines) is 1. The van der Waals surface area contributed by atoms with E-state index in [9.17, 15) is 4.79 Å². The van der Waals surface area contributed by atoms with Crippen molar-refractivity contribution in [1.82, 2.24) is 4.90 Å². The van der Waals surface area contributed by atoms with Gasteiger partial charge in [0.15, 0.2) is 0 Å². The van der Waals surface area contributed by atoms with Crippen LogP contribution in [-0.4, -0.2) is 29.1 Å². The van der Waals surface area contributed by atoms with Crippen LogP contribution < -0.4 is 0 Å². The van der Waals surface area contributed by atoms with Gasteiger partial charge in [-0.1, -0.05) is 6.92 Å².